The van der Waals surface area contributed by atoms with Gasteiger partial charge in [-0.25, -0.2) is 13.9 Å². The zero-order chi connectivity index (χ0) is 20.5. The summed E-state index contributed by atoms with van der Waals surface area (Å²) in [6.07, 6.45) is -4.76. The van der Waals surface area contributed by atoms with Crippen LogP contribution in [0.3, 0.4) is 0 Å². The normalized spacial score (nSPS) is 11.3. The lowest BCUT2D eigenvalue weighted by molar-refractivity contribution is -0.138. The van der Waals surface area contributed by atoms with Gasteiger partial charge in [-0.1, -0.05) is 24.3 Å². The van der Waals surface area contributed by atoms with Crippen molar-refractivity contribution in [2.75, 3.05) is 0 Å². The van der Waals surface area contributed by atoms with Crippen molar-refractivity contribution in [2.45, 2.75) is 13.1 Å². The van der Waals surface area contributed by atoms with Crippen LogP contribution < -0.4 is 10.2 Å². The molecule has 144 valence electrons. The minimum absolute atomic E-state index is 0.0373. The van der Waals surface area contributed by atoms with Crippen LogP contribution >= 0.6 is 0 Å². The van der Waals surface area contributed by atoms with E-state index in [1.807, 2.05) is 0 Å². The number of hydrogen-bond donors (Lipinski definition) is 0. The van der Waals surface area contributed by atoms with Crippen LogP contribution in [0.15, 0.2) is 59.4 Å². The number of alkyl halides is 3. The summed E-state index contributed by atoms with van der Waals surface area (Å²) in [6.45, 7) is 1.47. The van der Waals surface area contributed by atoms with Gasteiger partial charge in [-0.05, 0) is 31.2 Å². The lowest BCUT2D eigenvalue weighted by atomic mass is 10.2. The maximum atomic E-state index is 14.0. The van der Waals surface area contributed by atoms with E-state index in [0.717, 1.165) is 35.0 Å². The Hall–Kier alpha value is -3.49. The predicted molar refractivity (Wildman–Crippen MR) is 90.9 cm³/mol. The summed E-state index contributed by atoms with van der Waals surface area (Å²) in [5, 5.41) is 3.80. The van der Waals surface area contributed by atoms with Crippen molar-refractivity contribution in [1.29, 1.82) is 0 Å². The molecule has 0 spiro atoms. The first-order valence-corrected chi connectivity index (χ1v) is 7.93. The topological polar surface area (TPSA) is 61.2 Å². The van der Waals surface area contributed by atoms with Crippen LogP contribution in [0.25, 0.3) is 5.69 Å². The predicted octanol–water partition coefficient (Wildman–Crippen LogP) is 3.92. The highest BCUT2D eigenvalue weighted by atomic mass is 19.4. The summed E-state index contributed by atoms with van der Waals surface area (Å²) < 4.78 is 59.0. The number of para-hydroxylation sites is 2. The third kappa shape index (κ3) is 3.78. The molecular weight excluding hydrogens is 380 g/mol. The van der Waals surface area contributed by atoms with Gasteiger partial charge in [0.15, 0.2) is 0 Å². The van der Waals surface area contributed by atoms with Crippen molar-refractivity contribution in [2.24, 2.45) is 0 Å². The van der Waals surface area contributed by atoms with Gasteiger partial charge in [-0.3, -0.25) is 4.79 Å². The van der Waals surface area contributed by atoms with Crippen LogP contribution in [0.1, 0.15) is 21.7 Å². The number of hydrogen-bond acceptors (Lipinski definition) is 4. The van der Waals surface area contributed by atoms with E-state index in [2.05, 4.69) is 5.10 Å². The summed E-state index contributed by atoms with van der Waals surface area (Å²) in [4.78, 5) is 24.5. The van der Waals surface area contributed by atoms with E-state index in [-0.39, 0.29) is 11.4 Å². The molecule has 0 unspecified atom stereocenters. The minimum atomic E-state index is -4.76. The lowest BCUT2D eigenvalue weighted by Gasteiger charge is -2.13. The number of nitrogens with zero attached hydrogens (tertiary/aromatic N) is 2. The molecule has 0 atom stereocenters. The highest BCUT2D eigenvalue weighted by Crippen LogP contribution is 2.36. The highest BCUT2D eigenvalue weighted by molar-refractivity contribution is 5.89. The molecule has 0 bridgehead atoms. The molecule has 0 N–H and O–H groups in total. The van der Waals surface area contributed by atoms with Crippen LogP contribution in [0.5, 0.6) is 5.75 Å². The Labute approximate surface area is 155 Å². The first kappa shape index (κ1) is 19.3. The van der Waals surface area contributed by atoms with Crippen molar-refractivity contribution < 1.29 is 27.1 Å². The molecule has 0 aliphatic carbocycles. The summed E-state index contributed by atoms with van der Waals surface area (Å²) >= 11 is 0. The van der Waals surface area contributed by atoms with E-state index in [9.17, 15) is 27.2 Å². The molecule has 9 heteroatoms. The number of aromatic nitrogens is 2. The van der Waals surface area contributed by atoms with E-state index in [1.54, 1.807) is 0 Å². The SMILES string of the molecule is Cc1cc(=O)c(C(=O)Oc2ccccc2C(F)(F)F)nn1-c1ccccc1F. The first-order chi connectivity index (χ1) is 13.2. The maximum absolute atomic E-state index is 14.0. The van der Waals surface area contributed by atoms with Crippen molar-refractivity contribution in [3.63, 3.8) is 0 Å². The van der Waals surface area contributed by atoms with Crippen molar-refractivity contribution in [1.82, 2.24) is 9.78 Å². The molecule has 0 amide bonds. The molecule has 0 radical (unpaired) electrons. The molecule has 0 aliphatic heterocycles. The molecule has 5 nitrogen and oxygen atoms in total. The molecule has 0 fully saturated rings. The second-order valence-electron chi connectivity index (χ2n) is 5.75. The Kier molecular flexibility index (Phi) is 5.00. The lowest BCUT2D eigenvalue weighted by Crippen LogP contribution is -2.26. The van der Waals surface area contributed by atoms with Crippen LogP contribution in [-0.4, -0.2) is 15.7 Å². The first-order valence-electron chi connectivity index (χ1n) is 7.93. The van der Waals surface area contributed by atoms with Crippen LogP contribution in [0.2, 0.25) is 0 Å². The second-order valence-corrected chi connectivity index (χ2v) is 5.75. The van der Waals surface area contributed by atoms with Gasteiger partial charge < -0.3 is 4.74 Å². The fraction of sp³-hybridized carbons (Fsp3) is 0.105. The Bertz CT molecular complexity index is 1110. The number of aryl methyl sites for hydroxylation is 1. The van der Waals surface area contributed by atoms with Gasteiger partial charge in [0.2, 0.25) is 11.1 Å². The number of ether oxygens (including phenoxy) is 1. The zero-order valence-electron chi connectivity index (χ0n) is 14.3. The molecule has 0 saturated heterocycles. The molecule has 2 aromatic carbocycles. The summed E-state index contributed by atoms with van der Waals surface area (Å²) in [5.74, 6) is -2.81. The van der Waals surface area contributed by atoms with Crippen LogP contribution in [0, 0.1) is 12.7 Å². The number of rotatable bonds is 3. The highest BCUT2D eigenvalue weighted by Gasteiger charge is 2.35. The number of esters is 1. The van der Waals surface area contributed by atoms with E-state index in [1.165, 1.54) is 31.2 Å². The average Bonchev–Trinajstić information content (AvgIpc) is 2.62. The largest absolute Gasteiger partial charge is 0.421 e. The monoisotopic (exact) mass is 392 g/mol. The molecule has 28 heavy (non-hydrogen) atoms. The maximum Gasteiger partial charge on any atom is 0.419 e. The van der Waals surface area contributed by atoms with Gasteiger partial charge >= 0.3 is 12.1 Å². The quantitative estimate of drug-likeness (QED) is 0.385. The van der Waals surface area contributed by atoms with Crippen molar-refractivity contribution in [3.8, 4) is 11.4 Å². The minimum Gasteiger partial charge on any atom is -0.421 e. The van der Waals surface area contributed by atoms with Crippen molar-refractivity contribution in [3.05, 3.63) is 87.6 Å². The number of halogens is 4. The second kappa shape index (κ2) is 7.26. The average molecular weight is 392 g/mol. The third-order valence-electron chi connectivity index (χ3n) is 3.78. The van der Waals surface area contributed by atoms with Crippen molar-refractivity contribution >= 4 is 5.97 Å². The van der Waals surface area contributed by atoms with Gasteiger partial charge in [0, 0.05) is 11.8 Å². The third-order valence-corrected chi connectivity index (χ3v) is 3.78. The van der Waals surface area contributed by atoms with Gasteiger partial charge in [0.1, 0.15) is 17.3 Å². The molecule has 1 heterocycles. The van der Waals surface area contributed by atoms with E-state index in [0.29, 0.717) is 0 Å². The molecule has 3 aromatic rings. The zero-order valence-corrected chi connectivity index (χ0v) is 14.3. The summed E-state index contributed by atoms with van der Waals surface area (Å²) in [6, 6.07) is 10.6. The fourth-order valence-electron chi connectivity index (χ4n) is 2.49. The molecule has 0 aliphatic rings. The van der Waals surface area contributed by atoms with Crippen LogP contribution in [-0.2, 0) is 6.18 Å². The molecule has 1 aromatic heterocycles. The Morgan fingerprint density at radius 1 is 1.07 bits per heavy atom. The Balaban J connectivity index is 2.04. The van der Waals surface area contributed by atoms with E-state index in [4.69, 9.17) is 4.74 Å². The molecule has 0 saturated carbocycles. The van der Waals surface area contributed by atoms with Gasteiger partial charge in [0.25, 0.3) is 0 Å². The van der Waals surface area contributed by atoms with E-state index < -0.39 is 40.4 Å². The van der Waals surface area contributed by atoms with E-state index >= 15 is 0 Å². The number of carbonyl (C=O) groups excluding carboxylic acids is 1. The van der Waals surface area contributed by atoms with Gasteiger partial charge in [-0.15, -0.1) is 0 Å². The number of carbonyl (C=O) groups is 1. The van der Waals surface area contributed by atoms with Gasteiger partial charge in [-0.2, -0.15) is 18.3 Å². The Morgan fingerprint density at radius 2 is 1.71 bits per heavy atom. The Morgan fingerprint density at radius 3 is 2.39 bits per heavy atom. The number of benzene rings is 2. The molecule has 3 rings (SSSR count). The standard InChI is InChI=1S/C19H12F4N2O3/c1-11-10-15(26)17(24-25(11)14-8-4-3-7-13(14)20)18(27)28-16-9-5-2-6-12(16)19(21,22)23/h2-10H,1H3. The smallest absolute Gasteiger partial charge is 0.419 e. The fourth-order valence-corrected chi connectivity index (χ4v) is 2.49. The molecular formula is C19H12F4N2O3. The van der Waals surface area contributed by atoms with Crippen LogP contribution in [0.4, 0.5) is 17.6 Å². The summed E-state index contributed by atoms with van der Waals surface area (Å²) in [5.41, 5.74) is -2.62. The summed E-state index contributed by atoms with van der Waals surface area (Å²) in [7, 11) is 0. The van der Waals surface area contributed by atoms with Gasteiger partial charge in [0.05, 0.1) is 5.56 Å².